The highest BCUT2D eigenvalue weighted by Gasteiger charge is 2.48. The fourth-order valence-corrected chi connectivity index (χ4v) is 0.188. The van der Waals surface area contributed by atoms with Gasteiger partial charge >= 0.3 is 0 Å². The molecule has 0 spiro atoms. The number of hydroxylamine groups is 2. The summed E-state index contributed by atoms with van der Waals surface area (Å²) in [6.07, 6.45) is 0. The van der Waals surface area contributed by atoms with Crippen molar-refractivity contribution in [3.05, 3.63) is 0 Å². The fraction of sp³-hybridized carbons (Fsp3) is 1.00. The van der Waals surface area contributed by atoms with Gasteiger partial charge < -0.3 is 0 Å². The molecule has 0 radical (unpaired) electrons. The average Bonchev–Trinajstić information content (AvgIpc) is 1.73. The van der Waals surface area contributed by atoms with Crippen molar-refractivity contribution in [1.29, 1.82) is 0 Å². The van der Waals surface area contributed by atoms with E-state index >= 15 is 0 Å². The van der Waals surface area contributed by atoms with Crippen LogP contribution in [-0.4, -0.2) is 24.1 Å². The number of hydrazine groups is 1. The van der Waals surface area contributed by atoms with Crippen LogP contribution in [0.15, 0.2) is 0 Å². The Hall–Kier alpha value is -0.160. The molecule has 2 N–H and O–H groups in total. The van der Waals surface area contributed by atoms with Gasteiger partial charge in [0, 0.05) is 0 Å². The van der Waals surface area contributed by atoms with Crippen LogP contribution in [0.5, 0.6) is 0 Å². The third-order valence-corrected chi connectivity index (χ3v) is 0.733. The Kier molecular flexibility index (Phi) is 0.493. The minimum absolute atomic E-state index is 0.347. The summed E-state index contributed by atoms with van der Waals surface area (Å²) in [5, 5.41) is 1.25. The highest BCUT2D eigenvalue weighted by Crippen LogP contribution is 2.17. The van der Waals surface area contributed by atoms with Crippen LogP contribution in [0.1, 0.15) is 0 Å². The van der Waals surface area contributed by atoms with Crippen LogP contribution in [0.3, 0.4) is 0 Å². The topological polar surface area (TPSA) is 41.6 Å². The van der Waals surface area contributed by atoms with Crippen molar-refractivity contribution in [3.8, 4) is 0 Å². The van der Waals surface area contributed by atoms with E-state index in [-0.39, 0.29) is 0 Å². The van der Waals surface area contributed by atoms with E-state index in [1.165, 1.54) is 5.28 Å². The zero-order valence-electron chi connectivity index (χ0n) is 3.88. The summed E-state index contributed by atoms with van der Waals surface area (Å²) in [6, 6.07) is 0. The van der Waals surface area contributed by atoms with Gasteiger partial charge in [0.25, 0.3) is 0 Å². The summed E-state index contributed by atoms with van der Waals surface area (Å²) < 4.78 is 0.347. The maximum Gasteiger partial charge on any atom is 0.136 e. The van der Waals surface area contributed by atoms with Gasteiger partial charge in [0.2, 0.25) is 0 Å². The number of hydrogen-bond donors (Lipinski definition) is 1. The molecule has 4 nitrogen and oxygen atoms in total. The van der Waals surface area contributed by atoms with Gasteiger partial charge in [-0.25, -0.2) is 0 Å². The predicted octanol–water partition coefficient (Wildman–Crippen LogP) is -0.986. The van der Waals surface area contributed by atoms with Crippen LogP contribution >= 0.6 is 0 Å². The number of rotatable bonds is 0. The Labute approximate surface area is 36.1 Å². The molecule has 1 heterocycles. The first-order valence-electron chi connectivity index (χ1n) is 1.72. The van der Waals surface area contributed by atoms with E-state index in [0.29, 0.717) is 4.76 Å². The van der Waals surface area contributed by atoms with E-state index in [0.717, 1.165) is 0 Å². The van der Waals surface area contributed by atoms with Gasteiger partial charge in [0.05, 0.1) is 0 Å². The van der Waals surface area contributed by atoms with E-state index in [1.807, 2.05) is 14.1 Å². The highest BCUT2D eigenvalue weighted by molar-refractivity contribution is 3.93. The minimum Gasteiger partial charge on any atom is -0.189 e. The Morgan fingerprint density at radius 2 is 1.83 bits per heavy atom. The molecule has 1 aliphatic rings. The lowest BCUT2D eigenvalue weighted by Crippen LogP contribution is -2.24. The van der Waals surface area contributed by atoms with Crippen molar-refractivity contribution >= 4 is 0 Å². The first-order chi connectivity index (χ1) is 2.63. The smallest absolute Gasteiger partial charge is 0.136 e. The lowest BCUT2D eigenvalue weighted by atomic mass is 11.2. The van der Waals surface area contributed by atoms with Crippen LogP contribution < -0.4 is 5.84 Å². The van der Waals surface area contributed by atoms with Gasteiger partial charge in [-0.15, -0.1) is 0 Å². The Balaban J connectivity index is 2.41. The van der Waals surface area contributed by atoms with Gasteiger partial charge in [0.1, 0.15) is 19.4 Å². The molecule has 0 aliphatic carbocycles. The monoisotopic (exact) mass is 90.1 g/mol. The number of hydrogen-bond acceptors (Lipinski definition) is 3. The molecule has 1 unspecified atom stereocenters. The highest BCUT2D eigenvalue weighted by atomic mass is 17.1. The quantitative estimate of drug-likeness (QED) is 0.236. The number of quaternary nitrogens is 1. The molecule has 1 atom stereocenters. The summed E-state index contributed by atoms with van der Waals surface area (Å²) in [7, 11) is 3.67. The van der Waals surface area contributed by atoms with E-state index in [9.17, 15) is 0 Å². The van der Waals surface area contributed by atoms with Crippen molar-refractivity contribution < 1.29 is 9.69 Å². The Morgan fingerprint density at radius 1 is 1.67 bits per heavy atom. The average molecular weight is 90.1 g/mol. The third kappa shape index (κ3) is 0.396. The lowest BCUT2D eigenvalue weighted by Gasteiger charge is -1.85. The van der Waals surface area contributed by atoms with E-state index < -0.39 is 0 Å². The predicted molar refractivity (Wildman–Crippen MR) is 19.2 cm³/mol. The van der Waals surface area contributed by atoms with Crippen LogP contribution in [0.4, 0.5) is 0 Å². The number of nitrogens with two attached hydrogens (primary N) is 1. The first kappa shape index (κ1) is 4.01. The molecule has 1 aliphatic heterocycles. The zero-order chi connectivity index (χ0) is 4.78. The molecule has 1 saturated heterocycles. The molecule has 0 aromatic carbocycles. The zero-order valence-corrected chi connectivity index (χ0v) is 3.88. The molecule has 0 bridgehead atoms. The maximum absolute atomic E-state index is 5.08. The SMILES string of the molecule is C[N+]1(C)ON1N. The van der Waals surface area contributed by atoms with Gasteiger partial charge in [0.15, 0.2) is 0 Å². The molecule has 0 aromatic heterocycles. The van der Waals surface area contributed by atoms with Crippen molar-refractivity contribution in [1.82, 2.24) is 5.28 Å². The Morgan fingerprint density at radius 3 is 1.83 bits per heavy atom. The van der Waals surface area contributed by atoms with Crippen LogP contribution in [0.2, 0.25) is 0 Å². The molecule has 0 saturated carbocycles. The molecular weight excluding hydrogens is 82.0 g/mol. The molecule has 36 valence electrons. The normalized spacial score (nSPS) is 39.5. The maximum atomic E-state index is 5.08. The molecule has 0 amide bonds. The van der Waals surface area contributed by atoms with Crippen LogP contribution in [0, 0.1) is 0 Å². The summed E-state index contributed by atoms with van der Waals surface area (Å²) >= 11 is 0. The largest absolute Gasteiger partial charge is 0.189 e. The van der Waals surface area contributed by atoms with Crippen molar-refractivity contribution in [3.63, 3.8) is 0 Å². The molecule has 0 aromatic rings. The molecule has 6 heavy (non-hydrogen) atoms. The van der Waals surface area contributed by atoms with E-state index in [4.69, 9.17) is 5.84 Å². The second-order valence-corrected chi connectivity index (χ2v) is 1.68. The van der Waals surface area contributed by atoms with E-state index in [2.05, 4.69) is 4.94 Å². The van der Waals surface area contributed by atoms with Gasteiger partial charge in [-0.05, 0) is 9.69 Å². The fourth-order valence-electron chi connectivity index (χ4n) is 0.188. The molecular formula is C2H8N3O+. The van der Waals surface area contributed by atoms with Crippen molar-refractivity contribution in [2.45, 2.75) is 0 Å². The molecule has 1 rings (SSSR count). The summed E-state index contributed by atoms with van der Waals surface area (Å²) in [5.41, 5.74) is 0. The first-order valence-corrected chi connectivity index (χ1v) is 1.72. The van der Waals surface area contributed by atoms with E-state index in [1.54, 1.807) is 0 Å². The summed E-state index contributed by atoms with van der Waals surface area (Å²) in [6.45, 7) is 0. The van der Waals surface area contributed by atoms with Gasteiger partial charge in [-0.2, -0.15) is 5.84 Å². The summed E-state index contributed by atoms with van der Waals surface area (Å²) in [4.78, 5) is 4.65. The van der Waals surface area contributed by atoms with Gasteiger partial charge in [-0.3, -0.25) is 0 Å². The van der Waals surface area contributed by atoms with Crippen molar-refractivity contribution in [2.75, 3.05) is 14.1 Å². The molecule has 1 fully saturated rings. The van der Waals surface area contributed by atoms with Crippen molar-refractivity contribution in [2.24, 2.45) is 5.84 Å². The summed E-state index contributed by atoms with van der Waals surface area (Å²) in [5.74, 6) is 5.08. The standard InChI is InChI=1S/C2H8N3O/c1-5(2)4(3)6-5/h3H2,1-2H3/q+1. The number of nitrogens with zero attached hydrogens (tertiary/aromatic N) is 2. The van der Waals surface area contributed by atoms with Gasteiger partial charge in [-0.1, -0.05) is 0 Å². The Bertz CT molecular complexity index is 71.2. The molecule has 4 heteroatoms. The lowest BCUT2D eigenvalue weighted by molar-refractivity contribution is -0.913. The second-order valence-electron chi connectivity index (χ2n) is 1.68. The minimum atomic E-state index is 0.347. The van der Waals surface area contributed by atoms with Crippen LogP contribution in [-0.2, 0) is 4.94 Å². The van der Waals surface area contributed by atoms with Crippen LogP contribution in [0.25, 0.3) is 0 Å². The second kappa shape index (κ2) is 0.737. The third-order valence-electron chi connectivity index (χ3n) is 0.733.